The third-order valence-electron chi connectivity index (χ3n) is 11.1. The first-order chi connectivity index (χ1) is 37.7. The van der Waals surface area contributed by atoms with Crippen LogP contribution < -0.4 is 25.3 Å². The Morgan fingerprint density at radius 3 is 1.73 bits per heavy atom. The number of alkyl halides is 9. The molecule has 0 aliphatic rings. The molecule has 422 valence electrons. The lowest BCUT2D eigenvalue weighted by molar-refractivity contribution is -0.142. The maximum absolute atomic E-state index is 13.4. The number of halogens is 9. The molecule has 0 atom stereocenters. The summed E-state index contributed by atoms with van der Waals surface area (Å²) >= 11 is 0. The number of nitriles is 2. The van der Waals surface area contributed by atoms with Crippen molar-refractivity contribution in [3.8, 4) is 52.4 Å². The van der Waals surface area contributed by atoms with Crippen LogP contribution in [0, 0.1) is 57.5 Å². The summed E-state index contributed by atoms with van der Waals surface area (Å²) in [7, 11) is 2.79. The molecule has 7 aromatic rings. The van der Waals surface area contributed by atoms with Crippen LogP contribution in [0.5, 0.6) is 17.5 Å². The molecule has 7 rings (SSSR count). The van der Waals surface area contributed by atoms with Gasteiger partial charge in [-0.15, -0.1) is 10.2 Å². The number of aliphatic imine (C=N–C) groups is 2. The van der Waals surface area contributed by atoms with Gasteiger partial charge in [-0.1, -0.05) is 18.2 Å². The lowest BCUT2D eigenvalue weighted by Crippen LogP contribution is -2.24. The third kappa shape index (κ3) is 16.7. The highest BCUT2D eigenvalue weighted by atomic mass is 19.4. The summed E-state index contributed by atoms with van der Waals surface area (Å²) in [5.41, 5.74) is 7.20. The fourth-order valence-corrected chi connectivity index (χ4v) is 7.49. The first kappa shape index (κ1) is 61.8. The lowest BCUT2D eigenvalue weighted by atomic mass is 9.99. The molecule has 0 spiro atoms. The molecule has 0 amide bonds. The van der Waals surface area contributed by atoms with Crippen LogP contribution in [0.15, 0.2) is 77.0 Å². The number of nitrogens with zero attached hydrogens (tertiary/aromatic N) is 14. The van der Waals surface area contributed by atoms with Gasteiger partial charge in [-0.05, 0) is 114 Å². The van der Waals surface area contributed by atoms with Crippen LogP contribution in [0.25, 0.3) is 22.5 Å². The van der Waals surface area contributed by atoms with Gasteiger partial charge in [0.25, 0.3) is 0 Å². The Balaban J connectivity index is 0.000000238. The molecule has 0 saturated carbocycles. The van der Waals surface area contributed by atoms with E-state index in [-0.39, 0.29) is 78.1 Å². The van der Waals surface area contributed by atoms with Crippen LogP contribution in [-0.4, -0.2) is 74.9 Å². The molecule has 19 nitrogen and oxygen atoms in total. The first-order valence-electron chi connectivity index (χ1n) is 24.0. The number of hydrogen-bond acceptors (Lipinski definition) is 16. The smallest absolute Gasteiger partial charge is 0.435 e. The predicted octanol–water partition coefficient (Wildman–Crippen LogP) is 10.3. The average Bonchev–Trinajstić information content (AvgIpc) is 4.01. The summed E-state index contributed by atoms with van der Waals surface area (Å²) in [5.74, 6) is 0.962. The minimum atomic E-state index is -4.70. The summed E-state index contributed by atoms with van der Waals surface area (Å²) in [6.07, 6.45) is -7.65. The third-order valence-corrected chi connectivity index (χ3v) is 11.1. The van der Waals surface area contributed by atoms with Crippen molar-refractivity contribution in [2.45, 2.75) is 92.8 Å². The number of pyridine rings is 2. The summed E-state index contributed by atoms with van der Waals surface area (Å²) < 4.78 is 137. The van der Waals surface area contributed by atoms with Crippen molar-refractivity contribution >= 4 is 17.4 Å². The van der Waals surface area contributed by atoms with E-state index >= 15 is 0 Å². The standard InChI is InChI=1S/C24H23F6N7O.C17H18N4O2.C11H12F3N5/c1-5-38-22-14(3)15(10-19(33-22)23(25,26)27)9-16(32-12-31)6-7-17-8-13(2)20(35-34-17)18-11-37(4)36-21(18)24(28,29)30;1-4-22-16-13(3)15(10-12(2)20-16)21-17(19-11-18)23-14-8-6-5-7-9-14;1-6-3-7(4-15)16-17-9(6)8-5-19(2)18-10(8)11(12,13)14/h8,10-11H,5-7,9H2,1-4H3;5-10H,4H2,1-3H3,(H,19,20,21);3,5H,4,15H2,1-2H3. The summed E-state index contributed by atoms with van der Waals surface area (Å²) in [6, 6.07) is 15.1. The van der Waals surface area contributed by atoms with Gasteiger partial charge in [0.2, 0.25) is 18.0 Å². The normalized spacial score (nSPS) is 11.9. The topological polar surface area (TPSA) is 251 Å². The van der Waals surface area contributed by atoms with Gasteiger partial charge in [-0.2, -0.15) is 80.4 Å². The zero-order valence-corrected chi connectivity index (χ0v) is 44.6. The van der Waals surface area contributed by atoms with Crippen LogP contribution in [-0.2, 0) is 52.0 Å². The minimum absolute atomic E-state index is 0.0237. The summed E-state index contributed by atoms with van der Waals surface area (Å²) in [5, 5.41) is 43.0. The summed E-state index contributed by atoms with van der Waals surface area (Å²) in [6.45, 7) is 12.9. The number of benzene rings is 1. The molecule has 6 aromatic heterocycles. The van der Waals surface area contributed by atoms with E-state index < -0.39 is 35.6 Å². The second kappa shape index (κ2) is 27.0. The number of nitrogens with one attached hydrogen (secondary N) is 1. The van der Waals surface area contributed by atoms with Gasteiger partial charge >= 0.3 is 24.6 Å². The van der Waals surface area contributed by atoms with Crippen LogP contribution in [0.1, 0.15) is 82.2 Å². The Morgan fingerprint density at radius 2 is 1.24 bits per heavy atom. The number of aromatic nitrogens is 10. The van der Waals surface area contributed by atoms with E-state index in [0.29, 0.717) is 52.0 Å². The number of para-hydroxylation sites is 1. The van der Waals surface area contributed by atoms with Crippen LogP contribution in [0.4, 0.5) is 45.2 Å². The molecule has 0 unspecified atom stereocenters. The number of aryl methyl sites for hydroxylation is 6. The molecule has 1 aromatic carbocycles. The molecule has 0 saturated heterocycles. The summed E-state index contributed by atoms with van der Waals surface area (Å²) in [4.78, 5) is 16.1. The van der Waals surface area contributed by atoms with Crippen LogP contribution in [0.2, 0.25) is 0 Å². The molecule has 6 heterocycles. The molecular weight excluding hydrogens is 1070 g/mol. The van der Waals surface area contributed by atoms with E-state index in [1.165, 1.54) is 26.5 Å². The Kier molecular flexibility index (Phi) is 20.9. The van der Waals surface area contributed by atoms with Crippen molar-refractivity contribution in [3.63, 3.8) is 0 Å². The molecule has 0 radical (unpaired) electrons. The molecule has 3 N–H and O–H groups in total. The molecule has 28 heteroatoms. The number of ether oxygens (including phenoxy) is 3. The van der Waals surface area contributed by atoms with E-state index in [2.05, 4.69) is 55.9 Å². The predicted molar refractivity (Wildman–Crippen MR) is 274 cm³/mol. The largest absolute Gasteiger partial charge is 0.478 e. The Labute approximate surface area is 453 Å². The highest BCUT2D eigenvalue weighted by Gasteiger charge is 2.39. The lowest BCUT2D eigenvalue weighted by Gasteiger charge is -2.15. The van der Waals surface area contributed by atoms with E-state index in [1.807, 2.05) is 51.2 Å². The second-order valence-corrected chi connectivity index (χ2v) is 17.3. The van der Waals surface area contributed by atoms with E-state index in [0.717, 1.165) is 26.7 Å². The molecule has 0 bridgehead atoms. The van der Waals surface area contributed by atoms with Crippen LogP contribution in [0.3, 0.4) is 0 Å². The molecular formula is C52H53F9N16O3. The number of rotatable bonds is 14. The van der Waals surface area contributed by atoms with Crippen molar-refractivity contribution in [1.29, 1.82) is 10.5 Å². The van der Waals surface area contributed by atoms with Crippen molar-refractivity contribution in [1.82, 2.24) is 55.2 Å². The van der Waals surface area contributed by atoms with Gasteiger partial charge in [0.15, 0.2) is 17.6 Å². The Bertz CT molecular complexity index is 3420. The average molecular weight is 1120 g/mol. The highest BCUT2D eigenvalue weighted by molar-refractivity contribution is 5.88. The van der Waals surface area contributed by atoms with Crippen molar-refractivity contribution < 1.29 is 53.7 Å². The quantitative estimate of drug-likeness (QED) is 0.0338. The maximum atomic E-state index is 13.4. The second-order valence-electron chi connectivity index (χ2n) is 17.3. The van der Waals surface area contributed by atoms with Crippen LogP contribution >= 0.6 is 0 Å². The van der Waals surface area contributed by atoms with Crippen molar-refractivity contribution in [3.05, 3.63) is 129 Å². The zero-order chi connectivity index (χ0) is 59.1. The fraction of sp³-hybridized carbons (Fsp3) is 0.346. The molecule has 80 heavy (non-hydrogen) atoms. The molecule has 0 fully saturated rings. The molecule has 0 aliphatic carbocycles. The number of hydrogen-bond donors (Lipinski definition) is 2. The van der Waals surface area contributed by atoms with E-state index in [4.69, 9.17) is 30.5 Å². The van der Waals surface area contributed by atoms with Gasteiger partial charge in [-0.25, -0.2) is 15.3 Å². The van der Waals surface area contributed by atoms with Crippen molar-refractivity contribution in [2.75, 3.05) is 13.2 Å². The Morgan fingerprint density at radius 1 is 0.700 bits per heavy atom. The maximum Gasteiger partial charge on any atom is 0.435 e. The van der Waals surface area contributed by atoms with Gasteiger partial charge in [-0.3, -0.25) is 9.36 Å². The van der Waals surface area contributed by atoms with E-state index in [9.17, 15) is 39.5 Å². The number of amidine groups is 1. The monoisotopic (exact) mass is 1120 g/mol. The fourth-order valence-electron chi connectivity index (χ4n) is 7.49. The van der Waals surface area contributed by atoms with Gasteiger partial charge in [0, 0.05) is 62.0 Å². The Hall–Kier alpha value is -9.05. The van der Waals surface area contributed by atoms with E-state index in [1.54, 1.807) is 58.2 Å². The van der Waals surface area contributed by atoms with Gasteiger partial charge < -0.3 is 19.9 Å². The van der Waals surface area contributed by atoms with Gasteiger partial charge in [0.05, 0.1) is 52.8 Å². The molecule has 0 aliphatic heterocycles. The first-order valence-corrected chi connectivity index (χ1v) is 24.0. The minimum Gasteiger partial charge on any atom is -0.478 e. The SMILES string of the molecule is CCOc1nc(C(F)(F)F)cc(CC(CCc2cc(C)c(-c3cn(C)nc3C(F)(F)F)nn2)=NC#N)c1C.CCOc1nc(C)cc(N=C(NC#N)Oc2ccccc2)c1C.Cc1cc(CN)nnc1-c1cn(C)nc1C(F)(F)F. The highest BCUT2D eigenvalue weighted by Crippen LogP contribution is 2.38. The zero-order valence-electron chi connectivity index (χ0n) is 44.6. The van der Waals surface area contributed by atoms with Gasteiger partial charge in [0.1, 0.15) is 11.4 Å². The van der Waals surface area contributed by atoms with Crippen molar-refractivity contribution in [2.24, 2.45) is 29.8 Å². The number of nitrogens with two attached hydrogens (primary N) is 1.